The Labute approximate surface area is 126 Å². The molecule has 4 atom stereocenters. The predicted molar refractivity (Wildman–Crippen MR) is 85.6 cm³/mol. The molecule has 4 unspecified atom stereocenters. The molecule has 4 saturated carbocycles. The van der Waals surface area contributed by atoms with E-state index in [2.05, 4.69) is 0 Å². The molecule has 0 aromatic rings. The van der Waals surface area contributed by atoms with Crippen LogP contribution in [0.15, 0.2) is 0 Å². The van der Waals surface area contributed by atoms with Crippen molar-refractivity contribution in [3.63, 3.8) is 0 Å². The predicted octanol–water partition coefficient (Wildman–Crippen LogP) is 6.20. The summed E-state index contributed by atoms with van der Waals surface area (Å²) in [6.07, 6.45) is 22.0. The van der Waals surface area contributed by atoms with Crippen molar-refractivity contribution in [2.75, 3.05) is 0 Å². The summed E-state index contributed by atoms with van der Waals surface area (Å²) >= 11 is 0. The minimum atomic E-state index is 1.12. The van der Waals surface area contributed by atoms with Crippen molar-refractivity contribution >= 4 is 0 Å². The average molecular weight is 274 g/mol. The Morgan fingerprint density at radius 3 is 1.45 bits per heavy atom. The standard InChI is InChI=1S/C20H34/c1-2-8-15(7-1)13-14-20-18-11-5-3-9-16(18)17-10-4-6-12-19(17)20/h15-20H,1-14H2. The Bertz CT molecular complexity index is 292. The molecule has 0 heteroatoms. The molecule has 0 saturated heterocycles. The Morgan fingerprint density at radius 1 is 0.450 bits per heavy atom. The van der Waals surface area contributed by atoms with Gasteiger partial charge in [-0.2, -0.15) is 0 Å². The quantitative estimate of drug-likeness (QED) is 0.575. The van der Waals surface area contributed by atoms with Crippen molar-refractivity contribution in [3.05, 3.63) is 0 Å². The highest BCUT2D eigenvalue weighted by Crippen LogP contribution is 2.58. The smallest absolute Gasteiger partial charge is 0.0352 e. The Balaban J connectivity index is 1.44. The summed E-state index contributed by atoms with van der Waals surface area (Å²) in [7, 11) is 0. The van der Waals surface area contributed by atoms with Gasteiger partial charge in [0.05, 0.1) is 0 Å². The van der Waals surface area contributed by atoms with Gasteiger partial charge in [0.15, 0.2) is 0 Å². The van der Waals surface area contributed by atoms with Crippen LogP contribution in [0.2, 0.25) is 0 Å². The Kier molecular flexibility index (Phi) is 4.10. The second-order valence-electron chi connectivity index (χ2n) is 8.62. The van der Waals surface area contributed by atoms with Crippen LogP contribution in [0.1, 0.15) is 89.9 Å². The molecule has 0 bridgehead atoms. The first kappa shape index (κ1) is 13.6. The largest absolute Gasteiger partial charge is 0.0530 e. The van der Waals surface area contributed by atoms with Crippen molar-refractivity contribution < 1.29 is 0 Å². The second kappa shape index (κ2) is 6.01. The zero-order valence-electron chi connectivity index (χ0n) is 13.4. The summed E-state index contributed by atoms with van der Waals surface area (Å²) in [5.74, 6) is 6.95. The van der Waals surface area contributed by atoms with Crippen LogP contribution >= 0.6 is 0 Å². The summed E-state index contributed by atoms with van der Waals surface area (Å²) in [5, 5.41) is 0. The van der Waals surface area contributed by atoms with Gasteiger partial charge >= 0.3 is 0 Å². The molecule has 20 heavy (non-hydrogen) atoms. The number of hydrogen-bond acceptors (Lipinski definition) is 0. The van der Waals surface area contributed by atoms with Crippen molar-refractivity contribution in [2.24, 2.45) is 35.5 Å². The van der Waals surface area contributed by atoms with Gasteiger partial charge in [0, 0.05) is 0 Å². The lowest BCUT2D eigenvalue weighted by molar-refractivity contribution is 0.184. The molecule has 0 aromatic heterocycles. The van der Waals surface area contributed by atoms with E-state index in [1.807, 2.05) is 0 Å². The highest BCUT2D eigenvalue weighted by molar-refractivity contribution is 4.99. The summed E-state index contributed by atoms with van der Waals surface area (Å²) in [5.41, 5.74) is 0. The number of rotatable bonds is 3. The lowest BCUT2D eigenvalue weighted by Gasteiger charge is -2.32. The van der Waals surface area contributed by atoms with Gasteiger partial charge in [0.1, 0.15) is 0 Å². The number of hydrogen-bond donors (Lipinski definition) is 0. The van der Waals surface area contributed by atoms with Crippen LogP contribution in [0.25, 0.3) is 0 Å². The first-order valence-electron chi connectivity index (χ1n) is 9.93. The molecule has 0 heterocycles. The summed E-state index contributed by atoms with van der Waals surface area (Å²) in [6.45, 7) is 0. The van der Waals surface area contributed by atoms with Crippen LogP contribution in [0.4, 0.5) is 0 Å². The molecule has 4 rings (SSSR count). The van der Waals surface area contributed by atoms with E-state index in [-0.39, 0.29) is 0 Å². The number of fused-ring (bicyclic) bond motifs is 3. The molecule has 0 radical (unpaired) electrons. The van der Waals surface area contributed by atoms with E-state index in [1.165, 1.54) is 36.5 Å². The molecule has 4 aliphatic rings. The fourth-order valence-corrected chi connectivity index (χ4v) is 6.98. The minimum Gasteiger partial charge on any atom is -0.0530 e. The fraction of sp³-hybridized carbons (Fsp3) is 1.00. The lowest BCUT2D eigenvalue weighted by Crippen LogP contribution is -2.22. The van der Waals surface area contributed by atoms with Crippen LogP contribution in [0.5, 0.6) is 0 Å². The molecule has 4 aliphatic carbocycles. The van der Waals surface area contributed by atoms with Gasteiger partial charge in [-0.3, -0.25) is 0 Å². The van der Waals surface area contributed by atoms with Gasteiger partial charge in [-0.15, -0.1) is 0 Å². The van der Waals surface area contributed by atoms with Crippen LogP contribution < -0.4 is 0 Å². The van der Waals surface area contributed by atoms with Crippen LogP contribution in [-0.2, 0) is 0 Å². The molecule has 0 amide bonds. The highest BCUT2D eigenvalue weighted by Gasteiger charge is 2.50. The maximum atomic E-state index is 1.62. The zero-order chi connectivity index (χ0) is 13.4. The monoisotopic (exact) mass is 274 g/mol. The van der Waals surface area contributed by atoms with E-state index in [9.17, 15) is 0 Å². The SMILES string of the molecule is C1CCC(CCC2C3CCCCC3C3CCCCC32)C1. The fourth-order valence-electron chi connectivity index (χ4n) is 6.98. The van der Waals surface area contributed by atoms with Gasteiger partial charge in [0.25, 0.3) is 0 Å². The normalized spacial score (nSPS) is 45.3. The Hall–Kier alpha value is 0. The second-order valence-corrected chi connectivity index (χ2v) is 8.62. The maximum absolute atomic E-state index is 1.62. The molecule has 0 spiro atoms. The summed E-state index contributed by atoms with van der Waals surface area (Å²) in [4.78, 5) is 0. The van der Waals surface area contributed by atoms with Crippen molar-refractivity contribution in [1.82, 2.24) is 0 Å². The third-order valence-corrected chi connectivity index (χ3v) is 7.78. The zero-order valence-corrected chi connectivity index (χ0v) is 13.4. The summed E-state index contributed by atoms with van der Waals surface area (Å²) in [6, 6.07) is 0. The first-order valence-corrected chi connectivity index (χ1v) is 9.93. The first-order chi connectivity index (χ1) is 9.93. The van der Waals surface area contributed by atoms with Gasteiger partial charge in [-0.1, -0.05) is 57.8 Å². The summed E-state index contributed by atoms with van der Waals surface area (Å²) < 4.78 is 0. The molecule has 114 valence electrons. The van der Waals surface area contributed by atoms with E-state index in [0.717, 1.165) is 11.8 Å². The van der Waals surface area contributed by atoms with Gasteiger partial charge in [0.2, 0.25) is 0 Å². The van der Waals surface area contributed by atoms with Crippen LogP contribution in [0, 0.1) is 35.5 Å². The van der Waals surface area contributed by atoms with E-state index in [0.29, 0.717) is 0 Å². The van der Waals surface area contributed by atoms with Crippen molar-refractivity contribution in [1.29, 1.82) is 0 Å². The van der Waals surface area contributed by atoms with Crippen LogP contribution in [-0.4, -0.2) is 0 Å². The van der Waals surface area contributed by atoms with Crippen molar-refractivity contribution in [2.45, 2.75) is 89.9 Å². The molecule has 4 fully saturated rings. The van der Waals surface area contributed by atoms with Gasteiger partial charge < -0.3 is 0 Å². The van der Waals surface area contributed by atoms with E-state index < -0.39 is 0 Å². The van der Waals surface area contributed by atoms with Gasteiger partial charge in [-0.25, -0.2) is 0 Å². The Morgan fingerprint density at radius 2 is 0.900 bits per heavy atom. The van der Waals surface area contributed by atoms with E-state index in [4.69, 9.17) is 0 Å². The molecule has 0 aliphatic heterocycles. The third kappa shape index (κ3) is 2.46. The molecule has 0 N–H and O–H groups in total. The maximum Gasteiger partial charge on any atom is -0.0352 e. The molecular formula is C20H34. The van der Waals surface area contributed by atoms with Crippen LogP contribution in [0.3, 0.4) is 0 Å². The highest BCUT2D eigenvalue weighted by atomic mass is 14.5. The van der Waals surface area contributed by atoms with Gasteiger partial charge in [-0.05, 0) is 67.6 Å². The lowest BCUT2D eigenvalue weighted by atomic mass is 9.73. The molecular weight excluding hydrogens is 240 g/mol. The van der Waals surface area contributed by atoms with E-state index in [1.54, 1.807) is 77.0 Å². The average Bonchev–Trinajstić information content (AvgIpc) is 3.11. The van der Waals surface area contributed by atoms with E-state index >= 15 is 0 Å². The molecule has 0 aromatic carbocycles. The minimum absolute atomic E-state index is 1.12. The third-order valence-electron chi connectivity index (χ3n) is 7.78. The molecule has 0 nitrogen and oxygen atoms in total. The topological polar surface area (TPSA) is 0 Å². The van der Waals surface area contributed by atoms with Crippen molar-refractivity contribution in [3.8, 4) is 0 Å².